The number of anilines is 1. The molecule has 1 fully saturated rings. The van der Waals surface area contributed by atoms with Crippen molar-refractivity contribution < 1.29 is 19.1 Å². The molecule has 1 aromatic carbocycles. The summed E-state index contributed by atoms with van der Waals surface area (Å²) in [5.74, 6) is 0.543. The Kier molecular flexibility index (Phi) is 8.68. The van der Waals surface area contributed by atoms with Crippen LogP contribution in [0.2, 0.25) is 0 Å². The van der Waals surface area contributed by atoms with Gasteiger partial charge in [0.2, 0.25) is 5.91 Å². The normalized spacial score (nSPS) is 15.2. The van der Waals surface area contributed by atoms with Crippen molar-refractivity contribution >= 4 is 29.9 Å². The molecule has 0 aromatic heterocycles. The van der Waals surface area contributed by atoms with Crippen molar-refractivity contribution in [3.8, 4) is 11.5 Å². The van der Waals surface area contributed by atoms with Gasteiger partial charge in [0, 0.05) is 17.8 Å². The van der Waals surface area contributed by atoms with E-state index in [9.17, 15) is 9.59 Å². The van der Waals surface area contributed by atoms with E-state index >= 15 is 0 Å². The summed E-state index contributed by atoms with van der Waals surface area (Å²) in [6.45, 7) is 3.83. The molecule has 2 rings (SSSR count). The SMILES string of the molecule is CCC(C)C(N)C(=O)Nc1ccc(OC)c(OCC(=O)NC2CC2)c1.Cl. The summed E-state index contributed by atoms with van der Waals surface area (Å²) in [5.41, 5.74) is 6.49. The van der Waals surface area contributed by atoms with Gasteiger partial charge in [0.15, 0.2) is 18.1 Å². The molecular formula is C18H28ClN3O4. The molecule has 1 saturated carbocycles. The molecule has 7 nitrogen and oxygen atoms in total. The Morgan fingerprint density at radius 1 is 1.31 bits per heavy atom. The van der Waals surface area contributed by atoms with Crippen LogP contribution in [0.5, 0.6) is 11.5 Å². The zero-order valence-electron chi connectivity index (χ0n) is 15.4. The minimum Gasteiger partial charge on any atom is -0.493 e. The molecule has 0 aliphatic heterocycles. The van der Waals surface area contributed by atoms with Gasteiger partial charge in [-0.05, 0) is 30.9 Å². The molecule has 1 aliphatic rings. The molecular weight excluding hydrogens is 358 g/mol. The van der Waals surface area contributed by atoms with Crippen LogP contribution in [0.15, 0.2) is 18.2 Å². The van der Waals surface area contributed by atoms with Gasteiger partial charge in [-0.3, -0.25) is 9.59 Å². The van der Waals surface area contributed by atoms with Gasteiger partial charge in [0.1, 0.15) is 0 Å². The molecule has 146 valence electrons. The van der Waals surface area contributed by atoms with E-state index in [0.717, 1.165) is 19.3 Å². The molecule has 0 radical (unpaired) electrons. The lowest BCUT2D eigenvalue weighted by atomic mass is 9.99. The van der Waals surface area contributed by atoms with Crippen LogP contribution in [0.1, 0.15) is 33.1 Å². The molecule has 2 unspecified atom stereocenters. The molecule has 26 heavy (non-hydrogen) atoms. The molecule has 0 spiro atoms. The number of amides is 2. The molecule has 2 amide bonds. The summed E-state index contributed by atoms with van der Waals surface area (Å²) in [4.78, 5) is 24.0. The van der Waals surface area contributed by atoms with Gasteiger partial charge in [-0.15, -0.1) is 12.4 Å². The second-order valence-electron chi connectivity index (χ2n) is 6.40. The zero-order chi connectivity index (χ0) is 18.4. The first kappa shape index (κ1) is 22.1. The predicted octanol–water partition coefficient (Wildman–Crippen LogP) is 2.09. The van der Waals surface area contributed by atoms with Crippen LogP contribution in [0.4, 0.5) is 5.69 Å². The smallest absolute Gasteiger partial charge is 0.258 e. The number of rotatable bonds is 9. The van der Waals surface area contributed by atoms with Crippen molar-refractivity contribution in [2.75, 3.05) is 19.0 Å². The second-order valence-corrected chi connectivity index (χ2v) is 6.40. The lowest BCUT2D eigenvalue weighted by Gasteiger charge is -2.18. The predicted molar refractivity (Wildman–Crippen MR) is 103 cm³/mol. The van der Waals surface area contributed by atoms with Gasteiger partial charge in [0.05, 0.1) is 13.2 Å². The van der Waals surface area contributed by atoms with Gasteiger partial charge in [-0.2, -0.15) is 0 Å². The Morgan fingerprint density at radius 3 is 2.58 bits per heavy atom. The Balaban J connectivity index is 0.00000338. The minimum absolute atomic E-state index is 0. The summed E-state index contributed by atoms with van der Waals surface area (Å²) in [5, 5.41) is 5.63. The van der Waals surface area contributed by atoms with E-state index in [1.807, 2.05) is 13.8 Å². The van der Waals surface area contributed by atoms with Crippen molar-refractivity contribution in [1.29, 1.82) is 0 Å². The maximum atomic E-state index is 12.2. The fourth-order valence-corrected chi connectivity index (χ4v) is 2.25. The first-order valence-electron chi connectivity index (χ1n) is 8.61. The Morgan fingerprint density at radius 2 is 2.00 bits per heavy atom. The van der Waals surface area contributed by atoms with Crippen LogP contribution < -0.4 is 25.8 Å². The first-order chi connectivity index (χ1) is 11.9. The summed E-state index contributed by atoms with van der Waals surface area (Å²) < 4.78 is 10.8. The highest BCUT2D eigenvalue weighted by Crippen LogP contribution is 2.30. The van der Waals surface area contributed by atoms with Crippen LogP contribution in [0.3, 0.4) is 0 Å². The van der Waals surface area contributed by atoms with E-state index in [2.05, 4.69) is 10.6 Å². The number of halogens is 1. The van der Waals surface area contributed by atoms with Crippen LogP contribution in [-0.4, -0.2) is 37.6 Å². The number of hydrogen-bond acceptors (Lipinski definition) is 5. The molecule has 4 N–H and O–H groups in total. The number of nitrogens with two attached hydrogens (primary N) is 1. The van der Waals surface area contributed by atoms with Crippen LogP contribution >= 0.6 is 12.4 Å². The van der Waals surface area contributed by atoms with Crippen molar-refractivity contribution in [3.05, 3.63) is 18.2 Å². The molecule has 2 atom stereocenters. The zero-order valence-corrected chi connectivity index (χ0v) is 16.2. The largest absolute Gasteiger partial charge is 0.493 e. The quantitative estimate of drug-likeness (QED) is 0.604. The second kappa shape index (κ2) is 10.2. The van der Waals surface area contributed by atoms with Crippen molar-refractivity contribution in [1.82, 2.24) is 5.32 Å². The average molecular weight is 386 g/mol. The molecule has 1 aromatic rings. The Labute approximate surface area is 160 Å². The highest BCUT2D eigenvalue weighted by Gasteiger charge is 2.23. The van der Waals surface area contributed by atoms with Gasteiger partial charge < -0.3 is 25.8 Å². The van der Waals surface area contributed by atoms with Crippen molar-refractivity contribution in [2.45, 2.75) is 45.2 Å². The number of carbonyl (C=O) groups is 2. The van der Waals surface area contributed by atoms with Gasteiger partial charge >= 0.3 is 0 Å². The first-order valence-corrected chi connectivity index (χ1v) is 8.61. The number of benzene rings is 1. The monoisotopic (exact) mass is 385 g/mol. The van der Waals surface area contributed by atoms with E-state index in [-0.39, 0.29) is 42.8 Å². The summed E-state index contributed by atoms with van der Waals surface area (Å²) in [6, 6.07) is 4.71. The average Bonchev–Trinajstić information content (AvgIpc) is 3.42. The maximum Gasteiger partial charge on any atom is 0.258 e. The third-order valence-electron chi connectivity index (χ3n) is 4.29. The van der Waals surface area contributed by atoms with E-state index in [0.29, 0.717) is 17.2 Å². The number of carbonyl (C=O) groups excluding carboxylic acids is 2. The van der Waals surface area contributed by atoms with Gasteiger partial charge in [-0.1, -0.05) is 20.3 Å². The van der Waals surface area contributed by atoms with Crippen LogP contribution in [0, 0.1) is 5.92 Å². The van der Waals surface area contributed by atoms with Crippen LogP contribution in [-0.2, 0) is 9.59 Å². The lowest BCUT2D eigenvalue weighted by Crippen LogP contribution is -2.40. The third kappa shape index (κ3) is 6.38. The Bertz CT molecular complexity index is 622. The van der Waals surface area contributed by atoms with Gasteiger partial charge in [0.25, 0.3) is 5.91 Å². The van der Waals surface area contributed by atoms with E-state index in [1.165, 1.54) is 7.11 Å². The standard InChI is InChI=1S/C18H27N3O4.ClH/c1-4-11(2)17(19)18(23)21-13-7-8-14(24-3)15(9-13)25-10-16(22)20-12-5-6-12;/h7-9,11-12,17H,4-6,10,19H2,1-3H3,(H,20,22)(H,21,23);1H. The Hall–Kier alpha value is -1.99. The van der Waals surface area contributed by atoms with E-state index in [1.54, 1.807) is 18.2 Å². The van der Waals surface area contributed by atoms with Crippen molar-refractivity contribution in [2.24, 2.45) is 11.7 Å². The van der Waals surface area contributed by atoms with Crippen LogP contribution in [0.25, 0.3) is 0 Å². The number of methoxy groups -OCH3 is 1. The van der Waals surface area contributed by atoms with Gasteiger partial charge in [-0.25, -0.2) is 0 Å². The molecule has 0 bridgehead atoms. The number of nitrogens with one attached hydrogen (secondary N) is 2. The van der Waals surface area contributed by atoms with Crippen molar-refractivity contribution in [3.63, 3.8) is 0 Å². The third-order valence-corrected chi connectivity index (χ3v) is 4.29. The molecule has 1 aliphatic carbocycles. The summed E-state index contributed by atoms with van der Waals surface area (Å²) >= 11 is 0. The highest BCUT2D eigenvalue weighted by atomic mass is 35.5. The fraction of sp³-hybridized carbons (Fsp3) is 0.556. The molecule has 0 heterocycles. The fourth-order valence-electron chi connectivity index (χ4n) is 2.25. The highest BCUT2D eigenvalue weighted by molar-refractivity contribution is 5.95. The topological polar surface area (TPSA) is 103 Å². The number of hydrogen-bond donors (Lipinski definition) is 3. The van der Waals surface area contributed by atoms with E-state index in [4.69, 9.17) is 15.2 Å². The number of ether oxygens (including phenoxy) is 2. The summed E-state index contributed by atoms with van der Waals surface area (Å²) in [6.07, 6.45) is 2.86. The maximum absolute atomic E-state index is 12.2. The molecule has 0 saturated heterocycles. The lowest BCUT2D eigenvalue weighted by molar-refractivity contribution is -0.123. The minimum atomic E-state index is -0.583. The molecule has 8 heteroatoms. The summed E-state index contributed by atoms with van der Waals surface area (Å²) in [7, 11) is 1.52. The van der Waals surface area contributed by atoms with E-state index < -0.39 is 6.04 Å².